The molecule has 1 heterocycles. The number of carbonyl (C=O) groups excluding carboxylic acids is 1. The van der Waals surface area contributed by atoms with Crippen molar-refractivity contribution in [3.63, 3.8) is 0 Å². The van der Waals surface area contributed by atoms with Crippen LogP contribution in [0.2, 0.25) is 0 Å². The molecule has 16 heavy (non-hydrogen) atoms. The average molecular weight is 218 g/mol. The van der Waals surface area contributed by atoms with Crippen LogP contribution in [0, 0.1) is 0 Å². The smallest absolute Gasteiger partial charge is 0.339 e. The van der Waals surface area contributed by atoms with Crippen molar-refractivity contribution in [3.05, 3.63) is 35.4 Å². The van der Waals surface area contributed by atoms with Gasteiger partial charge in [-0.2, -0.15) is 0 Å². The number of fused-ring (bicyclic) bond motifs is 1. The van der Waals surface area contributed by atoms with Gasteiger partial charge in [0.05, 0.1) is 5.56 Å². The molecule has 86 valence electrons. The summed E-state index contributed by atoms with van der Waals surface area (Å²) in [6.07, 6.45) is 5.83. The zero-order chi connectivity index (χ0) is 11.4. The van der Waals surface area contributed by atoms with Gasteiger partial charge in [-0.1, -0.05) is 44.4 Å². The second kappa shape index (κ2) is 5.15. The molecular weight excluding hydrogens is 200 g/mol. The summed E-state index contributed by atoms with van der Waals surface area (Å²) in [5.41, 5.74) is 1.83. The average Bonchev–Trinajstić information content (AvgIpc) is 2.63. The van der Waals surface area contributed by atoms with Gasteiger partial charge in [0, 0.05) is 5.56 Å². The lowest BCUT2D eigenvalue weighted by molar-refractivity contribution is 0.0363. The summed E-state index contributed by atoms with van der Waals surface area (Å²) < 4.78 is 5.37. The summed E-state index contributed by atoms with van der Waals surface area (Å²) in [5.74, 6) is -0.156. The number of unbranched alkanes of at least 4 members (excludes halogenated alkanes) is 3. The number of hydrogen-bond donors (Lipinski definition) is 0. The van der Waals surface area contributed by atoms with E-state index in [1.807, 2.05) is 24.3 Å². The third kappa shape index (κ3) is 2.26. The van der Waals surface area contributed by atoms with Crippen molar-refractivity contribution < 1.29 is 9.53 Å². The summed E-state index contributed by atoms with van der Waals surface area (Å²) in [7, 11) is 0. The van der Waals surface area contributed by atoms with Crippen LogP contribution >= 0.6 is 0 Å². The number of hydrogen-bond acceptors (Lipinski definition) is 2. The van der Waals surface area contributed by atoms with Crippen LogP contribution in [0.25, 0.3) is 0 Å². The van der Waals surface area contributed by atoms with Crippen LogP contribution < -0.4 is 0 Å². The van der Waals surface area contributed by atoms with Crippen LogP contribution in [-0.4, -0.2) is 5.97 Å². The highest BCUT2D eigenvalue weighted by atomic mass is 16.5. The Kier molecular flexibility index (Phi) is 3.60. The predicted octanol–water partition coefficient (Wildman–Crippen LogP) is 3.87. The fourth-order valence-electron chi connectivity index (χ4n) is 2.19. The van der Waals surface area contributed by atoms with Crippen LogP contribution in [0.15, 0.2) is 24.3 Å². The Bertz CT molecular complexity index is 371. The van der Waals surface area contributed by atoms with E-state index in [1.54, 1.807) is 0 Å². The standard InChI is InChI=1S/C14H18O2/c1-2-3-4-5-10-13-11-8-6-7-9-12(11)14(15)16-13/h6-9,13H,2-5,10H2,1H3/t13-/m1/s1. The lowest BCUT2D eigenvalue weighted by Crippen LogP contribution is -1.98. The van der Waals surface area contributed by atoms with Crippen molar-refractivity contribution in [3.8, 4) is 0 Å². The molecular formula is C14H18O2. The van der Waals surface area contributed by atoms with E-state index in [4.69, 9.17) is 4.74 Å². The van der Waals surface area contributed by atoms with Gasteiger partial charge in [0.15, 0.2) is 0 Å². The molecule has 0 spiro atoms. The molecule has 2 heteroatoms. The molecule has 1 aliphatic rings. The van der Waals surface area contributed by atoms with Crippen LogP contribution in [0.1, 0.15) is 61.1 Å². The van der Waals surface area contributed by atoms with Gasteiger partial charge in [-0.15, -0.1) is 0 Å². The summed E-state index contributed by atoms with van der Waals surface area (Å²) in [5, 5.41) is 0. The molecule has 0 saturated carbocycles. The second-order valence-electron chi connectivity index (χ2n) is 4.33. The second-order valence-corrected chi connectivity index (χ2v) is 4.33. The Labute approximate surface area is 96.6 Å². The van der Waals surface area contributed by atoms with Gasteiger partial charge < -0.3 is 4.74 Å². The van der Waals surface area contributed by atoms with Crippen LogP contribution in [0.3, 0.4) is 0 Å². The van der Waals surface area contributed by atoms with E-state index in [-0.39, 0.29) is 12.1 Å². The first-order valence-corrected chi connectivity index (χ1v) is 6.13. The molecule has 0 bridgehead atoms. The minimum Gasteiger partial charge on any atom is -0.454 e. The number of ether oxygens (including phenoxy) is 1. The molecule has 0 unspecified atom stereocenters. The van der Waals surface area contributed by atoms with Crippen molar-refractivity contribution in [2.75, 3.05) is 0 Å². The number of carbonyl (C=O) groups is 1. The first kappa shape index (κ1) is 11.2. The van der Waals surface area contributed by atoms with E-state index in [0.717, 1.165) is 24.0 Å². The zero-order valence-corrected chi connectivity index (χ0v) is 9.74. The highest BCUT2D eigenvalue weighted by Gasteiger charge is 2.29. The molecule has 1 atom stereocenters. The van der Waals surface area contributed by atoms with E-state index < -0.39 is 0 Å². The topological polar surface area (TPSA) is 26.3 Å². The van der Waals surface area contributed by atoms with Crippen molar-refractivity contribution in [1.29, 1.82) is 0 Å². The fourth-order valence-corrected chi connectivity index (χ4v) is 2.19. The Balaban J connectivity index is 1.96. The van der Waals surface area contributed by atoms with E-state index in [0.29, 0.717) is 0 Å². The SMILES string of the molecule is CCCCCC[C@H]1OC(=O)c2ccccc21. The van der Waals surface area contributed by atoms with Gasteiger partial charge in [-0.25, -0.2) is 4.79 Å². The lowest BCUT2D eigenvalue weighted by atomic mass is 10.0. The van der Waals surface area contributed by atoms with Crippen molar-refractivity contribution >= 4 is 5.97 Å². The maximum Gasteiger partial charge on any atom is 0.339 e. The highest BCUT2D eigenvalue weighted by Crippen LogP contribution is 2.33. The minimum atomic E-state index is -0.156. The summed E-state index contributed by atoms with van der Waals surface area (Å²) in [6.45, 7) is 2.20. The van der Waals surface area contributed by atoms with Crippen molar-refractivity contribution in [2.24, 2.45) is 0 Å². The molecule has 0 aromatic heterocycles. The van der Waals surface area contributed by atoms with Gasteiger partial charge in [0.2, 0.25) is 0 Å². The van der Waals surface area contributed by atoms with Gasteiger partial charge >= 0.3 is 5.97 Å². The number of rotatable bonds is 5. The molecule has 2 nitrogen and oxygen atoms in total. The number of esters is 1. The molecule has 1 aliphatic heterocycles. The molecule has 0 fully saturated rings. The minimum absolute atomic E-state index is 0.000515. The molecule has 0 saturated heterocycles. The summed E-state index contributed by atoms with van der Waals surface area (Å²) >= 11 is 0. The number of cyclic esters (lactones) is 1. The maximum absolute atomic E-state index is 11.5. The van der Waals surface area contributed by atoms with Gasteiger partial charge in [0.1, 0.15) is 6.10 Å². The Morgan fingerprint density at radius 1 is 1.19 bits per heavy atom. The number of benzene rings is 1. The van der Waals surface area contributed by atoms with Crippen LogP contribution in [0.4, 0.5) is 0 Å². The largest absolute Gasteiger partial charge is 0.454 e. The normalized spacial score (nSPS) is 18.3. The fraction of sp³-hybridized carbons (Fsp3) is 0.500. The summed E-state index contributed by atoms with van der Waals surface area (Å²) in [6, 6.07) is 7.72. The molecule has 0 N–H and O–H groups in total. The zero-order valence-electron chi connectivity index (χ0n) is 9.74. The molecule has 2 rings (SSSR count). The summed E-state index contributed by atoms with van der Waals surface area (Å²) in [4.78, 5) is 11.5. The van der Waals surface area contributed by atoms with Gasteiger partial charge in [-0.3, -0.25) is 0 Å². The quantitative estimate of drug-likeness (QED) is 0.554. The van der Waals surface area contributed by atoms with E-state index in [9.17, 15) is 4.79 Å². The van der Waals surface area contributed by atoms with Crippen molar-refractivity contribution in [1.82, 2.24) is 0 Å². The van der Waals surface area contributed by atoms with Crippen LogP contribution in [-0.2, 0) is 4.74 Å². The molecule has 0 amide bonds. The monoisotopic (exact) mass is 218 g/mol. The van der Waals surface area contributed by atoms with Crippen LogP contribution in [0.5, 0.6) is 0 Å². The third-order valence-corrected chi connectivity index (χ3v) is 3.10. The Hall–Kier alpha value is -1.31. The third-order valence-electron chi connectivity index (χ3n) is 3.10. The molecule has 0 radical (unpaired) electrons. The first-order chi connectivity index (χ1) is 7.83. The van der Waals surface area contributed by atoms with E-state index >= 15 is 0 Å². The first-order valence-electron chi connectivity index (χ1n) is 6.13. The maximum atomic E-state index is 11.5. The Morgan fingerprint density at radius 3 is 2.81 bits per heavy atom. The van der Waals surface area contributed by atoms with E-state index in [1.165, 1.54) is 19.3 Å². The predicted molar refractivity (Wildman–Crippen MR) is 63.4 cm³/mol. The van der Waals surface area contributed by atoms with Crippen molar-refractivity contribution in [2.45, 2.75) is 45.1 Å². The lowest BCUT2D eigenvalue weighted by Gasteiger charge is -2.09. The van der Waals surface area contributed by atoms with Gasteiger partial charge in [-0.05, 0) is 18.9 Å². The highest BCUT2D eigenvalue weighted by molar-refractivity contribution is 5.93. The van der Waals surface area contributed by atoms with Gasteiger partial charge in [0.25, 0.3) is 0 Å². The van der Waals surface area contributed by atoms with E-state index in [2.05, 4.69) is 6.92 Å². The Morgan fingerprint density at radius 2 is 2.00 bits per heavy atom. The molecule has 1 aromatic carbocycles. The molecule has 0 aliphatic carbocycles. The molecule has 1 aromatic rings.